The van der Waals surface area contributed by atoms with Crippen LogP contribution >= 0.6 is 0 Å². The lowest BCUT2D eigenvalue weighted by molar-refractivity contribution is 0.587. The minimum absolute atomic E-state index is 0.0879. The standard InChI is InChI=1S/C15H25N3/c1-2-3-4-5-6-7-8-9-14-11-10-13(12-18-14)15(16)17/h10-12H,2-9H2,1H3,(H3,16,17). The van der Waals surface area contributed by atoms with Gasteiger partial charge in [-0.25, -0.2) is 0 Å². The average Bonchev–Trinajstić information content (AvgIpc) is 2.38. The molecule has 1 aromatic heterocycles. The molecular weight excluding hydrogens is 222 g/mol. The van der Waals surface area contributed by atoms with Crippen molar-refractivity contribution in [2.75, 3.05) is 0 Å². The number of rotatable bonds is 9. The molecule has 3 heteroatoms. The van der Waals surface area contributed by atoms with Gasteiger partial charge in [0.2, 0.25) is 0 Å². The van der Waals surface area contributed by atoms with Gasteiger partial charge in [-0.15, -0.1) is 0 Å². The molecule has 3 nitrogen and oxygen atoms in total. The van der Waals surface area contributed by atoms with Gasteiger partial charge < -0.3 is 5.73 Å². The molecular formula is C15H25N3. The average molecular weight is 247 g/mol. The zero-order valence-corrected chi connectivity index (χ0v) is 11.4. The van der Waals surface area contributed by atoms with Gasteiger partial charge in [-0.05, 0) is 25.0 Å². The number of nitrogen functional groups attached to an aromatic ring is 1. The SMILES string of the molecule is CCCCCCCCCc1ccc(C(=N)N)cn1. The Labute approximate surface area is 110 Å². The molecule has 3 N–H and O–H groups in total. The van der Waals surface area contributed by atoms with Crippen molar-refractivity contribution in [1.82, 2.24) is 4.98 Å². The van der Waals surface area contributed by atoms with Crippen molar-refractivity contribution in [2.45, 2.75) is 58.3 Å². The van der Waals surface area contributed by atoms with Crippen LogP contribution in [0.4, 0.5) is 0 Å². The van der Waals surface area contributed by atoms with Gasteiger partial charge in [0.05, 0.1) is 0 Å². The van der Waals surface area contributed by atoms with E-state index in [2.05, 4.69) is 11.9 Å². The van der Waals surface area contributed by atoms with Gasteiger partial charge in [0.15, 0.2) is 0 Å². The summed E-state index contributed by atoms with van der Waals surface area (Å²) >= 11 is 0. The van der Waals surface area contributed by atoms with Gasteiger partial charge in [-0.2, -0.15) is 0 Å². The number of nitrogens with zero attached hydrogens (tertiary/aromatic N) is 1. The second kappa shape index (κ2) is 8.67. The third kappa shape index (κ3) is 5.80. The molecule has 0 saturated carbocycles. The normalized spacial score (nSPS) is 10.5. The van der Waals surface area contributed by atoms with Crippen molar-refractivity contribution in [3.05, 3.63) is 29.6 Å². The van der Waals surface area contributed by atoms with Gasteiger partial charge in [0.1, 0.15) is 5.84 Å². The molecule has 18 heavy (non-hydrogen) atoms. The number of nitrogens with two attached hydrogens (primary N) is 1. The molecule has 1 rings (SSSR count). The van der Waals surface area contributed by atoms with Crippen LogP contribution in [0.1, 0.15) is 63.1 Å². The fourth-order valence-corrected chi connectivity index (χ4v) is 1.99. The zero-order valence-electron chi connectivity index (χ0n) is 11.4. The first-order valence-corrected chi connectivity index (χ1v) is 7.03. The van der Waals surface area contributed by atoms with Crippen LogP contribution < -0.4 is 5.73 Å². The Hall–Kier alpha value is -1.38. The van der Waals surface area contributed by atoms with Gasteiger partial charge in [0.25, 0.3) is 0 Å². The molecule has 0 aliphatic carbocycles. The third-order valence-corrected chi connectivity index (χ3v) is 3.17. The molecule has 0 aliphatic rings. The van der Waals surface area contributed by atoms with E-state index >= 15 is 0 Å². The van der Waals surface area contributed by atoms with Gasteiger partial charge in [-0.3, -0.25) is 10.4 Å². The van der Waals surface area contributed by atoms with Crippen molar-refractivity contribution in [1.29, 1.82) is 5.41 Å². The Morgan fingerprint density at radius 3 is 2.33 bits per heavy atom. The van der Waals surface area contributed by atoms with E-state index in [1.54, 1.807) is 6.20 Å². The highest BCUT2D eigenvalue weighted by molar-refractivity contribution is 5.94. The number of pyridine rings is 1. The lowest BCUT2D eigenvalue weighted by atomic mass is 10.1. The smallest absolute Gasteiger partial charge is 0.124 e. The predicted molar refractivity (Wildman–Crippen MR) is 77.0 cm³/mol. The fraction of sp³-hybridized carbons (Fsp3) is 0.600. The second-order valence-corrected chi connectivity index (χ2v) is 4.82. The summed E-state index contributed by atoms with van der Waals surface area (Å²) in [6, 6.07) is 3.86. The third-order valence-electron chi connectivity index (χ3n) is 3.17. The minimum Gasteiger partial charge on any atom is -0.384 e. The van der Waals surface area contributed by atoms with E-state index < -0.39 is 0 Å². The van der Waals surface area contributed by atoms with Gasteiger partial charge >= 0.3 is 0 Å². The van der Waals surface area contributed by atoms with E-state index in [0.717, 1.165) is 12.1 Å². The van der Waals surface area contributed by atoms with Crippen LogP contribution in [-0.2, 0) is 6.42 Å². The van der Waals surface area contributed by atoms with Crippen molar-refractivity contribution in [3.8, 4) is 0 Å². The molecule has 0 atom stereocenters. The molecule has 100 valence electrons. The lowest BCUT2D eigenvalue weighted by Crippen LogP contribution is -2.11. The first kappa shape index (κ1) is 14.7. The molecule has 0 spiro atoms. The van der Waals surface area contributed by atoms with Crippen LogP contribution in [0, 0.1) is 5.41 Å². The summed E-state index contributed by atoms with van der Waals surface area (Å²) in [7, 11) is 0. The Bertz CT molecular complexity index is 343. The summed E-state index contributed by atoms with van der Waals surface area (Å²) in [5.41, 5.74) is 7.20. The number of hydrogen-bond acceptors (Lipinski definition) is 2. The molecule has 0 saturated heterocycles. The quantitative estimate of drug-likeness (QED) is 0.397. The van der Waals surface area contributed by atoms with E-state index in [4.69, 9.17) is 11.1 Å². The molecule has 1 aromatic rings. The summed E-state index contributed by atoms with van der Waals surface area (Å²) in [5, 5.41) is 7.29. The molecule has 0 aliphatic heterocycles. The Balaban J connectivity index is 2.14. The van der Waals surface area contributed by atoms with Crippen LogP contribution in [-0.4, -0.2) is 10.8 Å². The van der Waals surface area contributed by atoms with Crippen LogP contribution in [0.2, 0.25) is 0 Å². The van der Waals surface area contributed by atoms with Crippen LogP contribution in [0.3, 0.4) is 0 Å². The van der Waals surface area contributed by atoms with Crippen molar-refractivity contribution < 1.29 is 0 Å². The highest BCUT2D eigenvalue weighted by Crippen LogP contribution is 2.09. The predicted octanol–water partition coefficient (Wildman–Crippen LogP) is 3.66. The van der Waals surface area contributed by atoms with E-state index in [-0.39, 0.29) is 5.84 Å². The number of aromatic nitrogens is 1. The summed E-state index contributed by atoms with van der Waals surface area (Å²) in [5.74, 6) is 0.0879. The zero-order chi connectivity index (χ0) is 13.2. The maximum Gasteiger partial charge on any atom is 0.124 e. The number of aryl methyl sites for hydroxylation is 1. The van der Waals surface area contributed by atoms with Crippen LogP contribution in [0.15, 0.2) is 18.3 Å². The Morgan fingerprint density at radius 1 is 1.11 bits per heavy atom. The maximum absolute atomic E-state index is 7.29. The van der Waals surface area contributed by atoms with Crippen LogP contribution in [0.25, 0.3) is 0 Å². The Kier molecular flexibility index (Phi) is 7.07. The second-order valence-electron chi connectivity index (χ2n) is 4.82. The van der Waals surface area contributed by atoms with Gasteiger partial charge in [-0.1, -0.05) is 45.4 Å². The van der Waals surface area contributed by atoms with Crippen LogP contribution in [0.5, 0.6) is 0 Å². The molecule has 0 aromatic carbocycles. The lowest BCUT2D eigenvalue weighted by Gasteiger charge is -2.03. The van der Waals surface area contributed by atoms with Crippen molar-refractivity contribution >= 4 is 5.84 Å². The number of hydrogen-bond donors (Lipinski definition) is 2. The molecule has 0 unspecified atom stereocenters. The maximum atomic E-state index is 7.29. The number of amidine groups is 1. The number of nitrogens with one attached hydrogen (secondary N) is 1. The summed E-state index contributed by atoms with van der Waals surface area (Å²) < 4.78 is 0. The summed E-state index contributed by atoms with van der Waals surface area (Å²) in [6.45, 7) is 2.25. The highest BCUT2D eigenvalue weighted by atomic mass is 14.7. The molecule has 0 radical (unpaired) electrons. The molecule has 0 fully saturated rings. The minimum atomic E-state index is 0.0879. The van der Waals surface area contributed by atoms with Gasteiger partial charge in [0, 0.05) is 17.5 Å². The van der Waals surface area contributed by atoms with E-state index in [0.29, 0.717) is 5.56 Å². The largest absolute Gasteiger partial charge is 0.384 e. The van der Waals surface area contributed by atoms with E-state index in [1.165, 1.54) is 44.9 Å². The monoisotopic (exact) mass is 247 g/mol. The summed E-state index contributed by atoms with van der Waals surface area (Å²) in [4.78, 5) is 4.33. The first-order chi connectivity index (χ1) is 8.74. The summed E-state index contributed by atoms with van der Waals surface area (Å²) in [6.07, 6.45) is 12.0. The molecule has 0 bridgehead atoms. The molecule has 0 amide bonds. The topological polar surface area (TPSA) is 62.8 Å². The highest BCUT2D eigenvalue weighted by Gasteiger charge is 1.98. The van der Waals surface area contributed by atoms with E-state index in [9.17, 15) is 0 Å². The first-order valence-electron chi connectivity index (χ1n) is 7.03. The van der Waals surface area contributed by atoms with Crippen molar-refractivity contribution in [2.24, 2.45) is 5.73 Å². The van der Waals surface area contributed by atoms with E-state index in [1.807, 2.05) is 12.1 Å². The molecule has 1 heterocycles. The fourth-order valence-electron chi connectivity index (χ4n) is 1.99. The van der Waals surface area contributed by atoms with Crippen molar-refractivity contribution in [3.63, 3.8) is 0 Å². The Morgan fingerprint density at radius 2 is 1.78 bits per heavy atom. The number of unbranched alkanes of at least 4 members (excludes halogenated alkanes) is 6.